The van der Waals surface area contributed by atoms with E-state index in [0.717, 1.165) is 0 Å². The summed E-state index contributed by atoms with van der Waals surface area (Å²) >= 11 is 0. The predicted molar refractivity (Wildman–Crippen MR) is 108 cm³/mol. The van der Waals surface area contributed by atoms with Crippen molar-refractivity contribution < 1.29 is 28.2 Å². The fourth-order valence-electron chi connectivity index (χ4n) is 2.62. The minimum absolute atomic E-state index is 0.0693. The molecule has 0 saturated carbocycles. The lowest BCUT2D eigenvalue weighted by Crippen LogP contribution is -2.35. The maximum Gasteiger partial charge on any atom is 0.338 e. The van der Waals surface area contributed by atoms with Crippen LogP contribution in [-0.2, 0) is 9.53 Å². The lowest BCUT2D eigenvalue weighted by Gasteiger charge is -2.21. The summed E-state index contributed by atoms with van der Waals surface area (Å²) in [5.41, 5.74) is 0.602. The van der Waals surface area contributed by atoms with E-state index in [4.69, 9.17) is 19.5 Å². The van der Waals surface area contributed by atoms with Gasteiger partial charge in [0.2, 0.25) is 0 Å². The number of ether oxygens (including phenoxy) is 3. The number of amides is 1. The number of carbonyl (C=O) groups excluding carboxylic acids is 2. The second kappa shape index (κ2) is 10.8. The number of halogens is 1. The van der Waals surface area contributed by atoms with Gasteiger partial charge in [-0.05, 0) is 56.3 Å². The maximum absolute atomic E-state index is 13.2. The molecule has 0 fully saturated rings. The lowest BCUT2D eigenvalue weighted by atomic mass is 10.2. The Balaban J connectivity index is 2.08. The van der Waals surface area contributed by atoms with Crippen LogP contribution in [-0.4, -0.2) is 38.2 Å². The van der Waals surface area contributed by atoms with Crippen molar-refractivity contribution in [3.05, 3.63) is 53.8 Å². The lowest BCUT2D eigenvalue weighted by molar-refractivity contribution is -0.121. The standard InChI is InChI=1S/C22H23FN2O5/c1-15(2)30-19-10-5-16(13-20(19)28-3)22(27)29-14-21(26)25(12-4-11-24)18-8-6-17(23)7-9-18/h5-10,13,15H,4,12,14H2,1-3H3. The molecule has 30 heavy (non-hydrogen) atoms. The molecule has 2 aromatic rings. The van der Waals surface area contributed by atoms with Crippen LogP contribution in [0.1, 0.15) is 30.6 Å². The molecule has 0 aliphatic heterocycles. The zero-order valence-corrected chi connectivity index (χ0v) is 17.1. The van der Waals surface area contributed by atoms with E-state index in [2.05, 4.69) is 0 Å². The van der Waals surface area contributed by atoms with Crippen LogP contribution >= 0.6 is 0 Å². The Morgan fingerprint density at radius 3 is 2.43 bits per heavy atom. The van der Waals surface area contributed by atoms with E-state index in [-0.39, 0.29) is 24.6 Å². The van der Waals surface area contributed by atoms with Gasteiger partial charge in [-0.15, -0.1) is 0 Å². The highest BCUT2D eigenvalue weighted by molar-refractivity contribution is 5.97. The van der Waals surface area contributed by atoms with Crippen LogP contribution in [0.25, 0.3) is 0 Å². The monoisotopic (exact) mass is 414 g/mol. The van der Waals surface area contributed by atoms with Crippen molar-refractivity contribution in [2.75, 3.05) is 25.2 Å². The number of benzene rings is 2. The van der Waals surface area contributed by atoms with Crippen molar-refractivity contribution in [1.29, 1.82) is 5.26 Å². The first-order valence-corrected chi connectivity index (χ1v) is 9.30. The van der Waals surface area contributed by atoms with Gasteiger partial charge in [-0.3, -0.25) is 4.79 Å². The molecule has 158 valence electrons. The summed E-state index contributed by atoms with van der Waals surface area (Å²) in [6.07, 6.45) is 0.00570. The molecule has 0 aromatic heterocycles. The van der Waals surface area contributed by atoms with E-state index < -0.39 is 24.3 Å². The summed E-state index contributed by atoms with van der Waals surface area (Å²) in [4.78, 5) is 26.2. The SMILES string of the molecule is COc1cc(C(=O)OCC(=O)N(CCC#N)c2ccc(F)cc2)ccc1OC(C)C. The quantitative estimate of drug-likeness (QED) is 0.581. The first-order chi connectivity index (χ1) is 14.3. The van der Waals surface area contributed by atoms with Gasteiger partial charge in [0.1, 0.15) is 5.82 Å². The van der Waals surface area contributed by atoms with Crippen molar-refractivity contribution in [3.63, 3.8) is 0 Å². The molecule has 0 atom stereocenters. The predicted octanol–water partition coefficient (Wildman–Crippen LogP) is 3.73. The number of nitrogens with zero attached hydrogens (tertiary/aromatic N) is 2. The number of methoxy groups -OCH3 is 1. The van der Waals surface area contributed by atoms with Gasteiger partial charge in [-0.1, -0.05) is 0 Å². The van der Waals surface area contributed by atoms with E-state index in [9.17, 15) is 14.0 Å². The molecule has 0 unspecified atom stereocenters. The average molecular weight is 414 g/mol. The molecule has 0 saturated heterocycles. The van der Waals surface area contributed by atoms with E-state index >= 15 is 0 Å². The van der Waals surface area contributed by atoms with Crippen LogP contribution < -0.4 is 14.4 Å². The number of hydrogen-bond acceptors (Lipinski definition) is 6. The van der Waals surface area contributed by atoms with Crippen molar-refractivity contribution in [3.8, 4) is 17.6 Å². The maximum atomic E-state index is 13.2. The Morgan fingerprint density at radius 2 is 1.83 bits per heavy atom. The molecule has 0 aliphatic rings. The fraction of sp³-hybridized carbons (Fsp3) is 0.318. The number of nitriles is 1. The third-order valence-electron chi connectivity index (χ3n) is 3.98. The van der Waals surface area contributed by atoms with Crippen LogP contribution in [0.5, 0.6) is 11.5 Å². The first kappa shape index (κ1) is 22.7. The summed E-state index contributed by atoms with van der Waals surface area (Å²) in [6, 6.07) is 11.8. The molecular formula is C22H23FN2O5. The summed E-state index contributed by atoms with van der Waals surface area (Å²) in [6.45, 7) is 3.29. The number of hydrogen-bond donors (Lipinski definition) is 0. The molecule has 8 heteroatoms. The topological polar surface area (TPSA) is 88.9 Å². The van der Waals surface area contributed by atoms with Gasteiger partial charge in [-0.25, -0.2) is 9.18 Å². The van der Waals surface area contributed by atoms with Crippen molar-refractivity contribution in [2.24, 2.45) is 0 Å². The van der Waals surface area contributed by atoms with Crippen molar-refractivity contribution >= 4 is 17.6 Å². The van der Waals surface area contributed by atoms with Gasteiger partial charge in [0.25, 0.3) is 5.91 Å². The van der Waals surface area contributed by atoms with Crippen molar-refractivity contribution in [1.82, 2.24) is 0 Å². The highest BCUT2D eigenvalue weighted by Gasteiger charge is 2.19. The Morgan fingerprint density at radius 1 is 1.13 bits per heavy atom. The fourth-order valence-corrected chi connectivity index (χ4v) is 2.62. The van der Waals surface area contributed by atoms with Crippen LogP contribution in [0.4, 0.5) is 10.1 Å². The Kier molecular flexibility index (Phi) is 8.18. The van der Waals surface area contributed by atoms with Gasteiger partial charge in [-0.2, -0.15) is 5.26 Å². The van der Waals surface area contributed by atoms with E-state index in [1.54, 1.807) is 6.07 Å². The van der Waals surface area contributed by atoms with Gasteiger partial charge < -0.3 is 19.1 Å². The zero-order valence-electron chi connectivity index (χ0n) is 17.1. The number of anilines is 1. The first-order valence-electron chi connectivity index (χ1n) is 9.30. The number of rotatable bonds is 9. The number of carbonyl (C=O) groups is 2. The van der Waals surface area contributed by atoms with Crippen LogP contribution in [0.2, 0.25) is 0 Å². The molecule has 0 bridgehead atoms. The normalized spacial score (nSPS) is 10.3. The second-order valence-electron chi connectivity index (χ2n) is 6.54. The molecular weight excluding hydrogens is 391 g/mol. The highest BCUT2D eigenvalue weighted by atomic mass is 19.1. The molecule has 0 N–H and O–H groups in total. The van der Waals surface area contributed by atoms with Crippen LogP contribution in [0.15, 0.2) is 42.5 Å². The largest absolute Gasteiger partial charge is 0.493 e. The minimum Gasteiger partial charge on any atom is -0.493 e. The third kappa shape index (κ3) is 6.21. The van der Waals surface area contributed by atoms with Crippen LogP contribution in [0.3, 0.4) is 0 Å². The molecule has 0 spiro atoms. The Hall–Kier alpha value is -3.60. The highest BCUT2D eigenvalue weighted by Crippen LogP contribution is 2.29. The molecule has 0 heterocycles. The molecule has 0 aliphatic carbocycles. The van der Waals surface area contributed by atoms with Crippen LogP contribution in [0, 0.1) is 17.1 Å². The Labute approximate surface area is 174 Å². The molecule has 0 radical (unpaired) electrons. The summed E-state index contributed by atoms with van der Waals surface area (Å²) in [5.74, 6) is -0.837. The van der Waals surface area contributed by atoms with Crippen molar-refractivity contribution in [2.45, 2.75) is 26.4 Å². The molecule has 2 rings (SSSR count). The number of esters is 1. The molecule has 7 nitrogen and oxygen atoms in total. The van der Waals surface area contributed by atoms with E-state index in [1.165, 1.54) is 48.4 Å². The third-order valence-corrected chi connectivity index (χ3v) is 3.98. The summed E-state index contributed by atoms with van der Waals surface area (Å²) < 4.78 is 29.1. The molecule has 1 amide bonds. The minimum atomic E-state index is -0.711. The summed E-state index contributed by atoms with van der Waals surface area (Å²) in [7, 11) is 1.46. The molecule has 2 aromatic carbocycles. The van der Waals surface area contributed by atoms with Gasteiger partial charge in [0, 0.05) is 12.2 Å². The average Bonchev–Trinajstić information content (AvgIpc) is 2.73. The van der Waals surface area contributed by atoms with E-state index in [1.807, 2.05) is 19.9 Å². The van der Waals surface area contributed by atoms with Gasteiger partial charge >= 0.3 is 5.97 Å². The van der Waals surface area contributed by atoms with E-state index in [0.29, 0.717) is 17.2 Å². The van der Waals surface area contributed by atoms with Gasteiger partial charge in [0.15, 0.2) is 18.1 Å². The smallest absolute Gasteiger partial charge is 0.338 e. The zero-order chi connectivity index (χ0) is 22.1. The van der Waals surface area contributed by atoms with Gasteiger partial charge in [0.05, 0.1) is 31.3 Å². The summed E-state index contributed by atoms with van der Waals surface area (Å²) in [5, 5.41) is 8.83. The Bertz CT molecular complexity index is 922. The second-order valence-corrected chi connectivity index (χ2v) is 6.54.